The largest absolute Gasteiger partial charge is 0.300 e. The minimum atomic E-state index is -0.725. The molecule has 0 spiro atoms. The van der Waals surface area contributed by atoms with Crippen molar-refractivity contribution in [2.24, 2.45) is 0 Å². The smallest absolute Gasteiger partial charge is 0.144 e. The van der Waals surface area contributed by atoms with Gasteiger partial charge in [0.15, 0.2) is 0 Å². The van der Waals surface area contributed by atoms with Crippen LogP contribution in [0, 0.1) is 11.6 Å². The summed E-state index contributed by atoms with van der Waals surface area (Å²) < 4.78 is 24.3. The summed E-state index contributed by atoms with van der Waals surface area (Å²) in [5.41, 5.74) is 0. The third-order valence-corrected chi connectivity index (χ3v) is 1.98. The first-order valence-electron chi connectivity index (χ1n) is 4.63. The lowest BCUT2D eigenvalue weighted by Gasteiger charge is -1.90. The average molecular weight is 235 g/mol. The molecule has 1 aromatic carbocycles. The van der Waals surface area contributed by atoms with Gasteiger partial charge in [-0.3, -0.25) is 4.79 Å². The maximum Gasteiger partial charge on any atom is 0.144 e. The Morgan fingerprint density at radius 3 is 2.07 bits per heavy atom. The Morgan fingerprint density at radius 1 is 1.27 bits per heavy atom. The third kappa shape index (κ3) is 6.18. The monoisotopic (exact) mass is 234 g/mol. The molecule has 0 aliphatic heterocycles. The van der Waals surface area contributed by atoms with Crippen molar-refractivity contribution >= 4 is 17.4 Å². The molecule has 0 N–H and O–H groups in total. The van der Waals surface area contributed by atoms with E-state index in [1.807, 2.05) is 13.8 Å². The van der Waals surface area contributed by atoms with Crippen LogP contribution in [0.15, 0.2) is 18.2 Å². The molecule has 0 aliphatic carbocycles. The summed E-state index contributed by atoms with van der Waals surface area (Å²) in [6.45, 7) is 3.76. The maximum absolute atomic E-state index is 12.2. The first-order valence-corrected chi connectivity index (χ1v) is 5.01. The van der Waals surface area contributed by atoms with Gasteiger partial charge in [0.25, 0.3) is 0 Å². The van der Waals surface area contributed by atoms with Gasteiger partial charge in [-0.05, 0) is 12.1 Å². The second kappa shape index (κ2) is 7.35. The molecular weight excluding hydrogens is 222 g/mol. The quantitative estimate of drug-likeness (QED) is 0.707. The number of benzene rings is 1. The molecule has 0 fully saturated rings. The van der Waals surface area contributed by atoms with Crippen LogP contribution in [0.2, 0.25) is 5.02 Å². The van der Waals surface area contributed by atoms with Crippen molar-refractivity contribution in [3.8, 4) is 0 Å². The van der Waals surface area contributed by atoms with Crippen molar-refractivity contribution in [1.82, 2.24) is 0 Å². The van der Waals surface area contributed by atoms with Gasteiger partial charge in [0, 0.05) is 18.9 Å². The Hall–Kier alpha value is -0.960. The van der Waals surface area contributed by atoms with Crippen molar-refractivity contribution in [3.63, 3.8) is 0 Å². The Balaban J connectivity index is 0.000000288. The molecule has 0 saturated carbocycles. The number of carbonyl (C=O) groups excluding carboxylic acids is 1. The van der Waals surface area contributed by atoms with Crippen LogP contribution in [-0.2, 0) is 4.79 Å². The number of hydrogen-bond acceptors (Lipinski definition) is 1. The van der Waals surface area contributed by atoms with E-state index in [2.05, 4.69) is 0 Å². The highest BCUT2D eigenvalue weighted by Crippen LogP contribution is 2.13. The van der Waals surface area contributed by atoms with Gasteiger partial charge in [-0.25, -0.2) is 8.78 Å². The summed E-state index contributed by atoms with van der Waals surface area (Å²) in [6.07, 6.45) is 1.38. The summed E-state index contributed by atoms with van der Waals surface area (Å²) in [5, 5.41) is -0.0589. The lowest BCUT2D eigenvalue weighted by atomic mass is 10.3. The summed E-state index contributed by atoms with van der Waals surface area (Å²) in [5.74, 6) is -0.997. The molecule has 0 unspecified atom stereocenters. The SMILES string of the molecule is CCC(=O)CC.Fc1ccc(Cl)c(F)c1. The van der Waals surface area contributed by atoms with Gasteiger partial charge in [-0.15, -0.1) is 0 Å². The summed E-state index contributed by atoms with van der Waals surface area (Å²) in [4.78, 5) is 10.2. The fourth-order valence-corrected chi connectivity index (χ4v) is 0.838. The van der Waals surface area contributed by atoms with Crippen LogP contribution in [0.1, 0.15) is 26.7 Å². The van der Waals surface area contributed by atoms with Crippen LogP contribution in [0.4, 0.5) is 8.78 Å². The molecule has 1 aromatic rings. The standard InChI is InChI=1S/C6H3ClF2.C5H10O/c7-5-2-1-4(8)3-6(5)9;1-3-5(6)4-2/h1-3H;3-4H2,1-2H3. The first kappa shape index (κ1) is 14.0. The summed E-state index contributed by atoms with van der Waals surface area (Å²) in [6, 6.07) is 3.01. The van der Waals surface area contributed by atoms with Crippen LogP contribution in [0.3, 0.4) is 0 Å². The Morgan fingerprint density at radius 2 is 1.80 bits per heavy atom. The number of rotatable bonds is 2. The lowest BCUT2D eigenvalue weighted by molar-refractivity contribution is -0.118. The van der Waals surface area contributed by atoms with Crippen LogP contribution in [0.25, 0.3) is 0 Å². The number of Topliss-reactive ketones (excluding diaryl/α,β-unsaturated/α-hetero) is 1. The Labute approximate surface area is 93.1 Å². The molecule has 1 rings (SSSR count). The number of carbonyl (C=O) groups is 1. The van der Waals surface area contributed by atoms with Gasteiger partial charge in [-0.2, -0.15) is 0 Å². The highest BCUT2D eigenvalue weighted by Gasteiger charge is 1.97. The molecule has 0 aliphatic rings. The molecular formula is C11H13ClF2O. The van der Waals surface area contributed by atoms with E-state index in [9.17, 15) is 13.6 Å². The zero-order valence-corrected chi connectivity index (χ0v) is 9.44. The lowest BCUT2D eigenvalue weighted by Crippen LogP contribution is -1.88. The van der Waals surface area contributed by atoms with Gasteiger partial charge >= 0.3 is 0 Å². The van der Waals surface area contributed by atoms with Crippen molar-refractivity contribution < 1.29 is 13.6 Å². The molecule has 0 atom stereocenters. The third-order valence-electron chi connectivity index (χ3n) is 1.67. The van der Waals surface area contributed by atoms with E-state index in [-0.39, 0.29) is 5.02 Å². The summed E-state index contributed by atoms with van der Waals surface area (Å²) in [7, 11) is 0. The van der Waals surface area contributed by atoms with Gasteiger partial charge < -0.3 is 0 Å². The van der Waals surface area contributed by atoms with Gasteiger partial charge in [0.2, 0.25) is 0 Å². The minimum absolute atomic E-state index is 0.0589. The Kier molecular flexibility index (Phi) is 6.88. The predicted octanol–water partition coefficient (Wildman–Crippen LogP) is 3.99. The van der Waals surface area contributed by atoms with E-state index < -0.39 is 11.6 Å². The van der Waals surface area contributed by atoms with Gasteiger partial charge in [-0.1, -0.05) is 25.4 Å². The van der Waals surface area contributed by atoms with Crippen molar-refractivity contribution in [2.75, 3.05) is 0 Å². The molecule has 0 amide bonds. The second-order valence-electron chi connectivity index (χ2n) is 2.80. The van der Waals surface area contributed by atoms with Crippen LogP contribution in [0.5, 0.6) is 0 Å². The molecule has 0 bridgehead atoms. The van der Waals surface area contributed by atoms with Crippen molar-refractivity contribution in [3.05, 3.63) is 34.9 Å². The fourth-order valence-electron chi connectivity index (χ4n) is 0.720. The van der Waals surface area contributed by atoms with Crippen LogP contribution in [-0.4, -0.2) is 5.78 Å². The van der Waals surface area contributed by atoms with Gasteiger partial charge in [0.05, 0.1) is 5.02 Å². The fraction of sp³-hybridized carbons (Fsp3) is 0.364. The molecule has 0 radical (unpaired) electrons. The highest BCUT2D eigenvalue weighted by molar-refractivity contribution is 6.30. The molecule has 84 valence electrons. The van der Waals surface area contributed by atoms with E-state index in [1.54, 1.807) is 0 Å². The topological polar surface area (TPSA) is 17.1 Å². The van der Waals surface area contributed by atoms with Crippen molar-refractivity contribution in [1.29, 1.82) is 0 Å². The number of halogens is 3. The molecule has 1 nitrogen and oxygen atoms in total. The van der Waals surface area contributed by atoms with E-state index in [0.717, 1.165) is 12.1 Å². The van der Waals surface area contributed by atoms with E-state index in [1.165, 1.54) is 6.07 Å². The molecule has 0 heterocycles. The molecule has 15 heavy (non-hydrogen) atoms. The van der Waals surface area contributed by atoms with Crippen LogP contribution >= 0.6 is 11.6 Å². The summed E-state index contributed by atoms with van der Waals surface area (Å²) >= 11 is 5.24. The van der Waals surface area contributed by atoms with Crippen LogP contribution < -0.4 is 0 Å². The second-order valence-corrected chi connectivity index (χ2v) is 3.21. The highest BCUT2D eigenvalue weighted by atomic mass is 35.5. The number of ketones is 1. The maximum atomic E-state index is 12.2. The zero-order chi connectivity index (χ0) is 11.8. The zero-order valence-electron chi connectivity index (χ0n) is 8.69. The van der Waals surface area contributed by atoms with E-state index in [0.29, 0.717) is 18.6 Å². The molecule has 4 heteroatoms. The van der Waals surface area contributed by atoms with Gasteiger partial charge in [0.1, 0.15) is 17.4 Å². The number of hydrogen-bond donors (Lipinski definition) is 0. The molecule has 0 aromatic heterocycles. The Bertz CT molecular complexity index is 320. The molecule has 0 saturated heterocycles. The predicted molar refractivity (Wildman–Crippen MR) is 57.0 cm³/mol. The normalized spacial score (nSPS) is 9.13. The van der Waals surface area contributed by atoms with E-state index >= 15 is 0 Å². The minimum Gasteiger partial charge on any atom is -0.300 e. The average Bonchev–Trinajstić information content (AvgIpc) is 2.23. The first-order chi connectivity index (χ1) is 7.01. The van der Waals surface area contributed by atoms with E-state index in [4.69, 9.17) is 11.6 Å². The van der Waals surface area contributed by atoms with Crippen molar-refractivity contribution in [2.45, 2.75) is 26.7 Å².